The van der Waals surface area contributed by atoms with Crippen molar-refractivity contribution in [3.63, 3.8) is 0 Å². The molecule has 0 fully saturated rings. The fourth-order valence-corrected chi connectivity index (χ4v) is 0.899. The number of amides is 1. The first-order chi connectivity index (χ1) is 5.16. The first-order valence-corrected chi connectivity index (χ1v) is 3.36. The molecule has 0 atom stereocenters. The minimum absolute atomic E-state index is 0.432. The Hall–Kier alpha value is -1.38. The number of hydrogen-bond acceptors (Lipinski definition) is 2. The average Bonchev–Trinajstić information content (AvgIpc) is 2.19. The van der Waals surface area contributed by atoms with Crippen LogP contribution in [0.3, 0.4) is 0 Å². The number of rotatable bonds is 1. The lowest BCUT2D eigenvalue weighted by Crippen LogP contribution is -2.20. The van der Waals surface area contributed by atoms with Gasteiger partial charge in [0, 0.05) is 11.3 Å². The maximum Gasteiger partial charge on any atom is 0.296 e. The summed E-state index contributed by atoms with van der Waals surface area (Å²) >= 11 is 0. The summed E-state index contributed by atoms with van der Waals surface area (Å²) in [6, 6.07) is 0. The summed E-state index contributed by atoms with van der Waals surface area (Å²) in [5.74, 6) is -0.964. The number of carbonyl (C=O) groups is 2. The van der Waals surface area contributed by atoms with Gasteiger partial charge in [-0.15, -0.1) is 0 Å². The van der Waals surface area contributed by atoms with Crippen LogP contribution >= 0.6 is 0 Å². The van der Waals surface area contributed by atoms with Crippen molar-refractivity contribution >= 4 is 11.7 Å². The van der Waals surface area contributed by atoms with Gasteiger partial charge in [-0.3, -0.25) is 9.59 Å². The third-order valence-electron chi connectivity index (χ3n) is 1.53. The van der Waals surface area contributed by atoms with Gasteiger partial charge in [0.15, 0.2) is 0 Å². The third-order valence-corrected chi connectivity index (χ3v) is 1.53. The Labute approximate surface area is 64.8 Å². The molecule has 0 bridgehead atoms. The molecular weight excluding hydrogens is 142 g/mol. The smallest absolute Gasteiger partial charge is 0.296 e. The van der Waals surface area contributed by atoms with Gasteiger partial charge in [-0.2, -0.15) is 0 Å². The summed E-state index contributed by atoms with van der Waals surface area (Å²) < 4.78 is 0. The topological polar surface area (TPSA) is 46.2 Å². The van der Waals surface area contributed by atoms with Gasteiger partial charge in [0.1, 0.15) is 0 Å². The van der Waals surface area contributed by atoms with Crippen LogP contribution in [-0.4, -0.2) is 11.7 Å². The number of allylic oxidation sites excluding steroid dienone is 2. The van der Waals surface area contributed by atoms with Crippen LogP contribution < -0.4 is 5.32 Å². The van der Waals surface area contributed by atoms with E-state index in [-0.39, 0.29) is 0 Å². The Bertz CT molecular complexity index is 274. The lowest BCUT2D eigenvalue weighted by atomic mass is 10.2. The van der Waals surface area contributed by atoms with Gasteiger partial charge in [-0.1, -0.05) is 6.08 Å². The zero-order valence-corrected chi connectivity index (χ0v) is 6.47. The van der Waals surface area contributed by atoms with E-state index < -0.39 is 11.7 Å². The minimum Gasteiger partial charge on any atom is -0.319 e. The molecule has 1 heterocycles. The van der Waals surface area contributed by atoms with Crippen LogP contribution in [0.1, 0.15) is 13.8 Å². The van der Waals surface area contributed by atoms with E-state index in [1.54, 1.807) is 19.1 Å². The van der Waals surface area contributed by atoms with Crippen LogP contribution in [-0.2, 0) is 9.59 Å². The van der Waals surface area contributed by atoms with Gasteiger partial charge >= 0.3 is 0 Å². The Balaban J connectivity index is 2.98. The Kier molecular flexibility index (Phi) is 1.89. The van der Waals surface area contributed by atoms with Gasteiger partial charge in [0.25, 0.3) is 5.91 Å². The molecule has 1 aliphatic rings. The van der Waals surface area contributed by atoms with Crippen molar-refractivity contribution in [1.82, 2.24) is 5.32 Å². The normalized spacial score (nSPS) is 18.4. The summed E-state index contributed by atoms with van der Waals surface area (Å²) in [5.41, 5.74) is 1.11. The van der Waals surface area contributed by atoms with Crippen LogP contribution in [0.5, 0.6) is 0 Å². The second-order valence-electron chi connectivity index (χ2n) is 2.32. The molecular formula is C8H9NO2. The van der Waals surface area contributed by atoms with E-state index in [2.05, 4.69) is 5.32 Å². The standard InChI is InChI=1S/C8H9NO2/c1-3-4-6-5(2)7(10)8(11)9-6/h3-4H,1-2H3,(H,9,10,11)/b4-3-. The van der Waals surface area contributed by atoms with Gasteiger partial charge < -0.3 is 5.32 Å². The number of hydrogen-bond donors (Lipinski definition) is 1. The van der Waals surface area contributed by atoms with Crippen LogP contribution in [0, 0.1) is 0 Å². The quantitative estimate of drug-likeness (QED) is 0.556. The first kappa shape index (κ1) is 7.72. The predicted octanol–water partition coefficient (Wildman–Crippen LogP) is 0.535. The minimum atomic E-state index is -0.532. The van der Waals surface area contributed by atoms with Crippen molar-refractivity contribution in [2.24, 2.45) is 0 Å². The van der Waals surface area contributed by atoms with E-state index in [0.717, 1.165) is 0 Å². The van der Waals surface area contributed by atoms with Crippen LogP contribution in [0.25, 0.3) is 0 Å². The van der Waals surface area contributed by atoms with Crippen LogP contribution in [0.4, 0.5) is 0 Å². The first-order valence-electron chi connectivity index (χ1n) is 3.36. The van der Waals surface area contributed by atoms with Gasteiger partial charge in [-0.25, -0.2) is 0 Å². The van der Waals surface area contributed by atoms with Crippen molar-refractivity contribution in [3.8, 4) is 0 Å². The maximum atomic E-state index is 10.9. The Morgan fingerprint density at radius 1 is 1.36 bits per heavy atom. The zero-order valence-electron chi connectivity index (χ0n) is 6.47. The van der Waals surface area contributed by atoms with E-state index in [9.17, 15) is 9.59 Å². The highest BCUT2D eigenvalue weighted by Gasteiger charge is 2.25. The summed E-state index contributed by atoms with van der Waals surface area (Å²) in [6.45, 7) is 3.46. The molecule has 3 nitrogen and oxygen atoms in total. The number of nitrogens with one attached hydrogen (secondary N) is 1. The number of ketones is 1. The highest BCUT2D eigenvalue weighted by Crippen LogP contribution is 2.10. The van der Waals surface area contributed by atoms with Gasteiger partial charge in [0.05, 0.1) is 0 Å². The van der Waals surface area contributed by atoms with E-state index in [1.165, 1.54) is 0 Å². The molecule has 11 heavy (non-hydrogen) atoms. The molecule has 3 heteroatoms. The molecule has 0 saturated heterocycles. The molecule has 0 saturated carbocycles. The molecule has 1 aliphatic heterocycles. The predicted molar refractivity (Wildman–Crippen MR) is 40.7 cm³/mol. The van der Waals surface area contributed by atoms with Crippen LogP contribution in [0.2, 0.25) is 0 Å². The molecule has 0 radical (unpaired) electrons. The lowest BCUT2D eigenvalue weighted by Gasteiger charge is -1.91. The average molecular weight is 151 g/mol. The molecule has 0 spiro atoms. The van der Waals surface area contributed by atoms with E-state index in [4.69, 9.17) is 0 Å². The highest BCUT2D eigenvalue weighted by molar-refractivity contribution is 6.45. The van der Waals surface area contributed by atoms with E-state index >= 15 is 0 Å². The van der Waals surface area contributed by atoms with Crippen molar-refractivity contribution in [3.05, 3.63) is 23.4 Å². The van der Waals surface area contributed by atoms with Gasteiger partial charge in [0.2, 0.25) is 5.78 Å². The second-order valence-corrected chi connectivity index (χ2v) is 2.32. The number of carbonyl (C=O) groups excluding carboxylic acids is 2. The molecule has 0 aromatic heterocycles. The molecule has 0 aliphatic carbocycles. The summed E-state index contributed by atoms with van der Waals surface area (Å²) in [4.78, 5) is 21.6. The SMILES string of the molecule is C/C=C\C1=C(C)C(=O)C(=O)N1. The van der Waals surface area contributed by atoms with Crippen molar-refractivity contribution < 1.29 is 9.59 Å². The fraction of sp³-hybridized carbons (Fsp3) is 0.250. The third kappa shape index (κ3) is 1.22. The second kappa shape index (κ2) is 2.70. The van der Waals surface area contributed by atoms with Crippen molar-refractivity contribution in [2.75, 3.05) is 0 Å². The van der Waals surface area contributed by atoms with Crippen molar-refractivity contribution in [2.45, 2.75) is 13.8 Å². The molecule has 1 N–H and O–H groups in total. The fourth-order valence-electron chi connectivity index (χ4n) is 0.899. The van der Waals surface area contributed by atoms with Crippen molar-refractivity contribution in [1.29, 1.82) is 0 Å². The lowest BCUT2D eigenvalue weighted by molar-refractivity contribution is -0.134. The Morgan fingerprint density at radius 3 is 2.36 bits per heavy atom. The molecule has 0 unspecified atom stereocenters. The zero-order chi connectivity index (χ0) is 8.43. The summed E-state index contributed by atoms with van der Waals surface area (Å²) in [7, 11) is 0. The molecule has 1 rings (SSSR count). The van der Waals surface area contributed by atoms with Gasteiger partial charge in [-0.05, 0) is 19.9 Å². The van der Waals surface area contributed by atoms with E-state index in [1.807, 2.05) is 6.92 Å². The maximum absolute atomic E-state index is 10.9. The monoisotopic (exact) mass is 151 g/mol. The molecule has 58 valence electrons. The molecule has 1 amide bonds. The number of Topliss-reactive ketones (excluding diaryl/α,β-unsaturated/α-hetero) is 1. The largest absolute Gasteiger partial charge is 0.319 e. The molecule has 0 aromatic carbocycles. The van der Waals surface area contributed by atoms with E-state index in [0.29, 0.717) is 11.3 Å². The Morgan fingerprint density at radius 2 is 2.00 bits per heavy atom. The summed E-state index contributed by atoms with van der Waals surface area (Å²) in [6.07, 6.45) is 3.48. The highest BCUT2D eigenvalue weighted by atomic mass is 16.2. The van der Waals surface area contributed by atoms with Crippen LogP contribution in [0.15, 0.2) is 23.4 Å². The summed E-state index contributed by atoms with van der Waals surface area (Å²) in [5, 5.41) is 2.46. The molecule has 0 aromatic rings.